The molecule has 7 saturated carbocycles. The van der Waals surface area contributed by atoms with Gasteiger partial charge in [0.15, 0.2) is 0 Å². The lowest BCUT2D eigenvalue weighted by Crippen LogP contribution is -2.35. The first-order valence-electron chi connectivity index (χ1n) is 33.5. The van der Waals surface area contributed by atoms with Gasteiger partial charge in [-0.25, -0.2) is 0 Å². The molecule has 7 aliphatic carbocycles. The van der Waals surface area contributed by atoms with Crippen molar-refractivity contribution in [3.8, 4) is 0 Å². The molecule has 0 bridgehead atoms. The monoisotopic (exact) mass is 1270 g/mol. The van der Waals surface area contributed by atoms with E-state index in [0.29, 0.717) is 25.8 Å². The van der Waals surface area contributed by atoms with E-state index in [2.05, 4.69) is 10.6 Å². The van der Waals surface area contributed by atoms with E-state index in [0.717, 1.165) is 81.3 Å². The highest BCUT2D eigenvalue weighted by atomic mass is 16.4. The molecule has 0 heterocycles. The van der Waals surface area contributed by atoms with Gasteiger partial charge in [0.25, 0.3) is 0 Å². The lowest BCUT2D eigenvalue weighted by molar-refractivity contribution is -0.121. The van der Waals surface area contributed by atoms with Crippen molar-refractivity contribution >= 4 is 17.9 Å². The normalized spacial score (nSPS) is 37.4. The fourth-order valence-electron chi connectivity index (χ4n) is 14.2. The molecule has 24 atom stereocenters. The first kappa shape index (κ1) is 80.4. The average molecular weight is 1270 g/mol. The van der Waals surface area contributed by atoms with Crippen molar-refractivity contribution in [2.24, 2.45) is 76.9 Å². The number of carbonyl (C=O) groups excluding carboxylic acids is 2. The fourth-order valence-corrected chi connectivity index (χ4v) is 14.2. The molecule has 0 saturated heterocycles. The fraction of sp³-hybridized carbons (Fsp3) is 0.851. The number of aliphatic hydroxyl groups excluding tert-OH is 18. The van der Waals surface area contributed by atoms with Gasteiger partial charge < -0.3 is 103 Å². The summed E-state index contributed by atoms with van der Waals surface area (Å²) in [6, 6.07) is 7.82. The van der Waals surface area contributed by atoms with Crippen molar-refractivity contribution in [3.05, 3.63) is 41.5 Å². The summed E-state index contributed by atoms with van der Waals surface area (Å²) < 4.78 is 0. The van der Waals surface area contributed by atoms with Gasteiger partial charge in [0.05, 0.1) is 73.2 Å². The maximum atomic E-state index is 11.9. The minimum Gasteiger partial charge on any atom is -0.396 e. The van der Waals surface area contributed by atoms with Crippen molar-refractivity contribution in [2.45, 2.75) is 230 Å². The van der Waals surface area contributed by atoms with Crippen LogP contribution < -0.4 is 10.6 Å². The average Bonchev–Trinajstić information content (AvgIpc) is 3.10. The van der Waals surface area contributed by atoms with Crippen LogP contribution in [0.25, 0.3) is 6.08 Å². The van der Waals surface area contributed by atoms with Crippen LogP contribution in [-0.2, 0) is 9.59 Å². The van der Waals surface area contributed by atoms with Crippen LogP contribution in [0, 0.1) is 83.9 Å². The molecule has 1 aromatic rings. The third-order valence-electron chi connectivity index (χ3n) is 20.6. The van der Waals surface area contributed by atoms with Gasteiger partial charge in [-0.3, -0.25) is 9.59 Å². The van der Waals surface area contributed by atoms with Crippen LogP contribution >= 0.6 is 0 Å². The first-order chi connectivity index (χ1) is 42.4. The molecule has 2 amide bonds. The number of nitrogens with one attached hydrogen (secondary N) is 2. The van der Waals surface area contributed by atoms with E-state index in [1.807, 2.05) is 58.9 Å². The van der Waals surface area contributed by atoms with Crippen LogP contribution in [0.15, 0.2) is 30.3 Å². The summed E-state index contributed by atoms with van der Waals surface area (Å²) in [4.78, 5) is 23.7. The number of rotatable bonds is 21. The Morgan fingerprint density at radius 2 is 0.697 bits per heavy atom. The second-order valence-corrected chi connectivity index (χ2v) is 26.7. The smallest absolute Gasteiger partial charge is 0.244 e. The molecule has 20 N–H and O–H groups in total. The van der Waals surface area contributed by atoms with Gasteiger partial charge >= 0.3 is 0 Å². The molecule has 518 valence electrons. The molecule has 0 radical (unpaired) electrons. The molecule has 7 aliphatic rings. The summed E-state index contributed by atoms with van der Waals surface area (Å²) in [5.74, 6) is -0.113. The second kappa shape index (κ2) is 42.5. The van der Waals surface area contributed by atoms with E-state index in [1.165, 1.54) is 44.6 Å². The van der Waals surface area contributed by atoms with Gasteiger partial charge in [0.2, 0.25) is 11.8 Å². The van der Waals surface area contributed by atoms with Crippen molar-refractivity contribution < 1.29 is 102 Å². The molecule has 22 heteroatoms. The van der Waals surface area contributed by atoms with Crippen molar-refractivity contribution in [2.75, 3.05) is 52.7 Å². The van der Waals surface area contributed by atoms with E-state index in [-0.39, 0.29) is 129 Å². The zero-order valence-corrected chi connectivity index (χ0v) is 53.9. The third kappa shape index (κ3) is 25.1. The predicted octanol–water partition coefficient (Wildman–Crippen LogP) is 1.05. The van der Waals surface area contributed by atoms with Crippen LogP contribution in [-0.4, -0.2) is 230 Å². The molecule has 22 nitrogen and oxygen atoms in total. The predicted molar refractivity (Wildman–Crippen MR) is 337 cm³/mol. The number of hydrogen-bond donors (Lipinski definition) is 20. The first-order valence-corrected chi connectivity index (χ1v) is 33.5. The number of hydrogen-bond acceptors (Lipinski definition) is 20. The summed E-state index contributed by atoms with van der Waals surface area (Å²) in [6.45, 7) is 10.3. The van der Waals surface area contributed by atoms with Crippen LogP contribution in [0.3, 0.4) is 0 Å². The Morgan fingerprint density at radius 3 is 0.989 bits per heavy atom. The summed E-state index contributed by atoms with van der Waals surface area (Å²) in [5, 5.41) is 173. The number of aliphatic hydroxyl groups is 18. The molecule has 1 aromatic carbocycles. The second-order valence-electron chi connectivity index (χ2n) is 26.7. The zero-order valence-electron chi connectivity index (χ0n) is 53.9. The standard InChI is InChI=1S/C18H33NO4.C17H23NO4.4C8H16O3/c20-12-15-10-14(17(22)18(15)23)11-19-16(21)9-5-4-8-13-6-2-1-3-7-13;1-11-2-4-12(5-3-11)6-7-15(20)18-9-13-8-14(10-19)17(22)16(13)21;4*1-2-5-3-6(4-9)8(11)7(5)10/h13-15,17-18,20,22-23H,1-12H2,(H,19,21);2-7,13-14,16-17,19,21-22H,8-10H2,1H3,(H,18,20);4*5-11H,2-4H2,1H3/b;7-6+;;;;/t14-,15-,17-,18+;13-,14-,16-,17+;2*5-,6+,7+,8-;5-,6-,7+,8-;5-,6-,7-,8+/m110001/s1. The van der Waals surface area contributed by atoms with Gasteiger partial charge in [-0.05, 0) is 93.1 Å². The van der Waals surface area contributed by atoms with E-state index >= 15 is 0 Å². The largest absolute Gasteiger partial charge is 0.396 e. The van der Waals surface area contributed by atoms with Crippen LogP contribution in [0.2, 0.25) is 0 Å². The lowest BCUT2D eigenvalue weighted by Gasteiger charge is -2.21. The van der Waals surface area contributed by atoms with Gasteiger partial charge in [-0.15, -0.1) is 0 Å². The number of amides is 2. The molecule has 0 aromatic heterocycles. The minimum absolute atomic E-state index is 0.0191. The quantitative estimate of drug-likeness (QED) is 0.0604. The summed E-state index contributed by atoms with van der Waals surface area (Å²) in [5.41, 5.74) is 2.10. The zero-order chi connectivity index (χ0) is 66.5. The maximum Gasteiger partial charge on any atom is 0.244 e. The van der Waals surface area contributed by atoms with E-state index in [9.17, 15) is 70.9 Å². The van der Waals surface area contributed by atoms with Crippen LogP contribution in [0.4, 0.5) is 0 Å². The molecule has 0 aliphatic heterocycles. The summed E-state index contributed by atoms with van der Waals surface area (Å²) in [7, 11) is 0. The Hall–Kier alpha value is -2.82. The Labute approximate surface area is 529 Å². The SMILES string of the molecule is CC[C@@H]1C[C@H](CO)[C@H](O)[C@@H]1O.CC[C@H]1C[C@@H](CO)[C@H](O)[C@@H]1O.CC[C@H]1C[C@H](CO)[C@H](O)[C@@H]1O.CC[C@H]1C[C@H](CO)[C@H](O)[C@@H]1O.Cc1ccc(/C=C/C(=O)NC[C@H]2C[C@H](CO)[C@H](O)[C@@H]2O)cc1.O=C(CCCCC1CCCCC1)NC[C@H]1C[C@H](CO)[C@H](O)[C@@H]1O. The molecule has 8 rings (SSSR count). The van der Waals surface area contributed by atoms with E-state index in [1.54, 1.807) is 6.08 Å². The van der Waals surface area contributed by atoms with E-state index in [4.69, 9.17) is 30.6 Å². The summed E-state index contributed by atoms with van der Waals surface area (Å²) >= 11 is 0. The van der Waals surface area contributed by atoms with Crippen molar-refractivity contribution in [3.63, 3.8) is 0 Å². The molecular weight excluding hydrogens is 1150 g/mol. The van der Waals surface area contributed by atoms with Crippen molar-refractivity contribution in [1.82, 2.24) is 10.6 Å². The highest BCUT2D eigenvalue weighted by molar-refractivity contribution is 5.91. The van der Waals surface area contributed by atoms with Gasteiger partial charge in [-0.2, -0.15) is 0 Å². The number of carbonyl (C=O) groups is 2. The highest BCUT2D eigenvalue weighted by Crippen LogP contribution is 2.37. The topological polar surface area (TPSA) is 422 Å². The van der Waals surface area contributed by atoms with E-state index < -0.39 is 73.2 Å². The Morgan fingerprint density at radius 1 is 0.404 bits per heavy atom. The van der Waals surface area contributed by atoms with Crippen LogP contribution in [0.5, 0.6) is 0 Å². The number of aryl methyl sites for hydroxylation is 1. The highest BCUT2D eigenvalue weighted by Gasteiger charge is 2.44. The molecule has 0 unspecified atom stereocenters. The van der Waals surface area contributed by atoms with Crippen LogP contribution in [0.1, 0.15) is 161 Å². The molecule has 7 fully saturated rings. The lowest BCUT2D eigenvalue weighted by atomic mass is 9.85. The minimum atomic E-state index is -0.921. The van der Waals surface area contributed by atoms with Crippen molar-refractivity contribution in [1.29, 1.82) is 0 Å². The maximum absolute atomic E-state index is 11.9. The Kier molecular flexibility index (Phi) is 38.4. The Balaban J connectivity index is 0.000000289. The van der Waals surface area contributed by atoms with Gasteiger partial charge in [0, 0.05) is 113 Å². The third-order valence-corrected chi connectivity index (χ3v) is 20.6. The molecular formula is C67H120N2O20. The molecule has 0 spiro atoms. The summed E-state index contributed by atoms with van der Waals surface area (Å²) in [6.07, 6.45) is 12.5. The Bertz CT molecular complexity index is 1880. The van der Waals surface area contributed by atoms with Gasteiger partial charge in [-0.1, -0.05) is 128 Å². The van der Waals surface area contributed by atoms with Gasteiger partial charge in [0.1, 0.15) is 0 Å². The number of unbranched alkanes of at least 4 members (excludes halogenated alkanes) is 1. The molecule has 89 heavy (non-hydrogen) atoms. The number of benzene rings is 1.